The second-order valence-corrected chi connectivity index (χ2v) is 17.9. The number of piperidine rings is 1. The molecule has 0 radical (unpaired) electrons. The molecule has 342 valence electrons. The number of nitrogens with one attached hydrogen (secondary N) is 2. The Bertz CT molecular complexity index is 2330. The number of likely N-dealkylation sites (tertiary alicyclic amines) is 1. The Labute approximate surface area is 380 Å². The SMILES string of the molecule is COC[C@@H]1NC(=O)[C@H](C)N(Cc2ccc(Cl)cc2Oc2ccc(-c3cnc(CN4CCC4)n3C)cc2)C(=O)C[C@@H](CC(F)(F)F)C(=O)N2CCC[C@@](Cc3ccc(Cl)cc3)(C2)NC1=O. The van der Waals surface area contributed by atoms with Crippen molar-refractivity contribution in [2.45, 2.75) is 82.3 Å². The summed E-state index contributed by atoms with van der Waals surface area (Å²) in [5.41, 5.74) is 1.82. The van der Waals surface area contributed by atoms with Crippen molar-refractivity contribution in [2.75, 3.05) is 39.9 Å². The summed E-state index contributed by atoms with van der Waals surface area (Å²) in [6.45, 7) is 3.70. The second-order valence-electron chi connectivity index (χ2n) is 17.0. The van der Waals surface area contributed by atoms with Crippen LogP contribution in [0.3, 0.4) is 0 Å². The van der Waals surface area contributed by atoms with Gasteiger partial charge in [-0.15, -0.1) is 0 Å². The predicted octanol–water partition coefficient (Wildman–Crippen LogP) is 6.93. The van der Waals surface area contributed by atoms with Gasteiger partial charge in [-0.1, -0.05) is 41.4 Å². The number of carbonyl (C=O) groups is 4. The highest BCUT2D eigenvalue weighted by Crippen LogP contribution is 2.35. The molecule has 3 fully saturated rings. The molecule has 4 aromatic rings. The van der Waals surface area contributed by atoms with Gasteiger partial charge in [0.1, 0.15) is 29.4 Å². The molecule has 3 aliphatic rings. The molecule has 3 aliphatic heterocycles. The smallest absolute Gasteiger partial charge is 0.389 e. The van der Waals surface area contributed by atoms with E-state index in [-0.39, 0.29) is 38.4 Å². The molecule has 3 saturated heterocycles. The van der Waals surface area contributed by atoms with Crippen LogP contribution in [-0.4, -0.2) is 112 Å². The molecule has 4 atom stereocenters. The van der Waals surface area contributed by atoms with Gasteiger partial charge in [-0.2, -0.15) is 13.2 Å². The van der Waals surface area contributed by atoms with Crippen LogP contribution in [0.1, 0.15) is 56.0 Å². The van der Waals surface area contributed by atoms with E-state index in [0.29, 0.717) is 34.2 Å². The maximum atomic E-state index is 14.5. The Balaban J connectivity index is 1.18. The van der Waals surface area contributed by atoms with Crippen LogP contribution in [0.25, 0.3) is 11.3 Å². The minimum absolute atomic E-state index is 0.117. The number of ether oxygens (including phenoxy) is 2. The summed E-state index contributed by atoms with van der Waals surface area (Å²) in [7, 11) is 3.34. The molecule has 2 N–H and O–H groups in total. The van der Waals surface area contributed by atoms with Crippen LogP contribution in [-0.2, 0) is 50.5 Å². The molecular formula is C46H52Cl2F3N7O6. The van der Waals surface area contributed by atoms with Crippen molar-refractivity contribution in [2.24, 2.45) is 13.0 Å². The van der Waals surface area contributed by atoms with E-state index in [1.54, 1.807) is 48.5 Å². The van der Waals surface area contributed by atoms with E-state index in [1.165, 1.54) is 31.4 Å². The number of imidazole rings is 1. The molecule has 0 aliphatic carbocycles. The maximum absolute atomic E-state index is 14.5. The molecule has 7 rings (SSSR count). The molecule has 64 heavy (non-hydrogen) atoms. The molecule has 0 saturated carbocycles. The highest BCUT2D eigenvalue weighted by atomic mass is 35.5. The Kier molecular flexibility index (Phi) is 14.6. The van der Waals surface area contributed by atoms with Crippen molar-refractivity contribution in [1.82, 2.24) is 34.9 Å². The summed E-state index contributed by atoms with van der Waals surface area (Å²) in [5, 5.41) is 6.57. The van der Waals surface area contributed by atoms with Gasteiger partial charge in [0, 0.05) is 54.8 Å². The minimum Gasteiger partial charge on any atom is -0.457 e. The molecule has 18 heteroatoms. The van der Waals surface area contributed by atoms with Crippen LogP contribution < -0.4 is 15.4 Å². The van der Waals surface area contributed by atoms with E-state index in [4.69, 9.17) is 32.7 Å². The van der Waals surface area contributed by atoms with Crippen LogP contribution in [0.5, 0.6) is 11.5 Å². The Hall–Kier alpha value is -5.16. The first kappa shape index (κ1) is 46.8. The number of nitrogens with zero attached hydrogens (tertiary/aromatic N) is 5. The number of methoxy groups -OCH3 is 1. The van der Waals surface area contributed by atoms with E-state index in [2.05, 4.69) is 25.1 Å². The Morgan fingerprint density at radius 2 is 1.62 bits per heavy atom. The summed E-state index contributed by atoms with van der Waals surface area (Å²) in [4.78, 5) is 66.5. The third kappa shape index (κ3) is 11.4. The largest absolute Gasteiger partial charge is 0.457 e. The summed E-state index contributed by atoms with van der Waals surface area (Å²) in [6.07, 6.45) is -3.27. The number of halogens is 5. The number of hydrogen-bond donors (Lipinski definition) is 2. The van der Waals surface area contributed by atoms with Crippen LogP contribution in [0.2, 0.25) is 10.0 Å². The zero-order valence-electron chi connectivity index (χ0n) is 35.9. The van der Waals surface area contributed by atoms with Crippen LogP contribution in [0.15, 0.2) is 72.9 Å². The number of alkyl halides is 3. The van der Waals surface area contributed by atoms with Crippen molar-refractivity contribution >= 4 is 46.8 Å². The van der Waals surface area contributed by atoms with Gasteiger partial charge in [-0.05, 0) is 99.8 Å². The van der Waals surface area contributed by atoms with E-state index < -0.39 is 66.2 Å². The van der Waals surface area contributed by atoms with Crippen molar-refractivity contribution in [3.63, 3.8) is 0 Å². The molecular weight excluding hydrogens is 874 g/mol. The minimum atomic E-state index is -4.81. The molecule has 13 nitrogen and oxygen atoms in total. The number of fused-ring (bicyclic) bond motifs is 2. The fourth-order valence-corrected chi connectivity index (χ4v) is 8.94. The predicted molar refractivity (Wildman–Crippen MR) is 235 cm³/mol. The normalized spacial score (nSPS) is 22.7. The molecule has 1 aromatic heterocycles. The lowest BCUT2D eigenvalue weighted by Gasteiger charge is -2.45. The first-order chi connectivity index (χ1) is 30.5. The lowest BCUT2D eigenvalue weighted by atomic mass is 9.82. The molecule has 4 amide bonds. The third-order valence-electron chi connectivity index (χ3n) is 12.3. The quantitative estimate of drug-likeness (QED) is 0.156. The van der Waals surface area contributed by atoms with Gasteiger partial charge in [0.05, 0.1) is 49.5 Å². The van der Waals surface area contributed by atoms with Gasteiger partial charge in [-0.3, -0.25) is 24.1 Å². The summed E-state index contributed by atoms with van der Waals surface area (Å²) in [5.74, 6) is -3.37. The maximum Gasteiger partial charge on any atom is 0.389 e. The van der Waals surface area contributed by atoms with Crippen LogP contribution >= 0.6 is 23.2 Å². The zero-order valence-corrected chi connectivity index (χ0v) is 37.4. The topological polar surface area (TPSA) is 138 Å². The number of aromatic nitrogens is 2. The van der Waals surface area contributed by atoms with E-state index in [1.807, 2.05) is 25.4 Å². The molecule has 0 spiro atoms. The first-order valence-corrected chi connectivity index (χ1v) is 22.1. The number of carbonyl (C=O) groups excluding carboxylic acids is 4. The van der Waals surface area contributed by atoms with Gasteiger partial charge >= 0.3 is 6.18 Å². The highest BCUT2D eigenvalue weighted by Gasteiger charge is 2.45. The van der Waals surface area contributed by atoms with Gasteiger partial charge in [-0.25, -0.2) is 4.98 Å². The Morgan fingerprint density at radius 1 is 0.906 bits per heavy atom. The summed E-state index contributed by atoms with van der Waals surface area (Å²) >= 11 is 12.6. The number of benzene rings is 3. The van der Waals surface area contributed by atoms with Crippen LogP contribution in [0, 0.1) is 5.92 Å². The summed E-state index contributed by atoms with van der Waals surface area (Å²) < 4.78 is 56.7. The average molecular weight is 927 g/mol. The zero-order chi connectivity index (χ0) is 45.8. The van der Waals surface area contributed by atoms with Gasteiger partial charge in [0.15, 0.2) is 0 Å². The lowest BCUT2D eigenvalue weighted by Crippen LogP contribution is -2.65. The number of rotatable bonds is 12. The fraction of sp³-hybridized carbons (Fsp3) is 0.457. The highest BCUT2D eigenvalue weighted by molar-refractivity contribution is 6.31. The molecule has 3 aromatic carbocycles. The van der Waals surface area contributed by atoms with Crippen molar-refractivity contribution in [3.05, 3.63) is 99.9 Å². The van der Waals surface area contributed by atoms with Gasteiger partial charge in [0.2, 0.25) is 23.6 Å². The lowest BCUT2D eigenvalue weighted by molar-refractivity contribution is -0.164. The van der Waals surface area contributed by atoms with Gasteiger partial charge < -0.3 is 34.5 Å². The van der Waals surface area contributed by atoms with E-state index >= 15 is 0 Å². The monoisotopic (exact) mass is 925 g/mol. The fourth-order valence-electron chi connectivity index (χ4n) is 8.65. The third-order valence-corrected chi connectivity index (χ3v) is 12.7. The van der Waals surface area contributed by atoms with Crippen molar-refractivity contribution in [1.29, 1.82) is 0 Å². The standard InChI is InChI=1S/C46H52Cl2F3N7O6/c1-29-42(60)53-37(27-63-3)43(61)54-45(22-30-6-11-34(47)12-7-30)16-4-19-57(28-45)44(62)33(23-46(49,50)51)20-41(59)58(29)25-32-8-13-35(48)21-39(32)64-36-14-9-31(10-15-36)38-24-52-40(55(38)2)26-56-17-5-18-56/h6-15,21,24,29,33,37H,4-5,16-20,22-23,25-28H2,1-3H3,(H,53,60)(H,54,61)/t29-,33-,37-,45+/m0/s1. The molecule has 0 unspecified atom stereocenters. The van der Waals surface area contributed by atoms with E-state index in [0.717, 1.165) is 47.2 Å². The van der Waals surface area contributed by atoms with Gasteiger partial charge in [0.25, 0.3) is 0 Å². The van der Waals surface area contributed by atoms with Crippen LogP contribution in [0.4, 0.5) is 13.2 Å². The number of amides is 4. The molecule has 4 heterocycles. The summed E-state index contributed by atoms with van der Waals surface area (Å²) in [6, 6.07) is 16.3. The van der Waals surface area contributed by atoms with Crippen molar-refractivity contribution < 1.29 is 41.8 Å². The second kappa shape index (κ2) is 19.9. The Morgan fingerprint density at radius 3 is 2.30 bits per heavy atom. The first-order valence-electron chi connectivity index (χ1n) is 21.3. The van der Waals surface area contributed by atoms with Crippen molar-refractivity contribution in [3.8, 4) is 22.8 Å². The number of hydrogen-bond acceptors (Lipinski definition) is 8. The molecule has 2 bridgehead atoms. The average Bonchev–Trinajstić information content (AvgIpc) is 3.60. The van der Waals surface area contributed by atoms with E-state index in [9.17, 15) is 32.3 Å².